The molecule has 1 atom stereocenters. The average molecular weight is 470 g/mol. The zero-order valence-corrected chi connectivity index (χ0v) is 19.0. The van der Waals surface area contributed by atoms with Gasteiger partial charge in [-0.15, -0.1) is 10.2 Å². The van der Waals surface area contributed by atoms with Crippen molar-refractivity contribution >= 4 is 29.0 Å². The third kappa shape index (κ3) is 4.51. The Morgan fingerprint density at radius 1 is 1.09 bits per heavy atom. The molecule has 10 heteroatoms. The van der Waals surface area contributed by atoms with Crippen LogP contribution in [0, 0.1) is 25.5 Å². The van der Waals surface area contributed by atoms with Crippen LogP contribution in [0.15, 0.2) is 58.7 Å². The molecule has 0 bridgehead atoms. The van der Waals surface area contributed by atoms with Gasteiger partial charge in [0.2, 0.25) is 11.6 Å². The monoisotopic (exact) mass is 469 g/mol. The van der Waals surface area contributed by atoms with Crippen LogP contribution in [-0.2, 0) is 4.79 Å². The highest BCUT2D eigenvalue weighted by atomic mass is 32.2. The number of aryl methyl sites for hydroxylation is 2. The van der Waals surface area contributed by atoms with Crippen LogP contribution in [0.3, 0.4) is 0 Å². The molecule has 2 heterocycles. The molecule has 1 N–H and O–H groups in total. The van der Waals surface area contributed by atoms with Crippen molar-refractivity contribution < 1.29 is 13.6 Å². The molecular weight excluding hydrogens is 448 g/mol. The third-order valence-corrected chi connectivity index (χ3v) is 6.63. The molecule has 0 aliphatic rings. The minimum atomic E-state index is -0.732. The van der Waals surface area contributed by atoms with Crippen molar-refractivity contribution in [2.75, 3.05) is 5.32 Å². The van der Waals surface area contributed by atoms with Gasteiger partial charge in [0.1, 0.15) is 11.6 Å². The normalized spacial score (nSPS) is 12.2. The zero-order valence-electron chi connectivity index (χ0n) is 18.2. The maximum Gasteiger partial charge on any atom is 0.300 e. The molecule has 33 heavy (non-hydrogen) atoms. The molecule has 0 radical (unpaired) electrons. The van der Waals surface area contributed by atoms with Gasteiger partial charge in [0.25, 0.3) is 0 Å². The van der Waals surface area contributed by atoms with Crippen LogP contribution in [0.4, 0.5) is 14.5 Å². The number of amides is 1. The Hall–Kier alpha value is -3.53. The lowest BCUT2D eigenvalue weighted by molar-refractivity contribution is -0.115. The number of rotatable bonds is 6. The average Bonchev–Trinajstić information content (AvgIpc) is 3.20. The van der Waals surface area contributed by atoms with E-state index in [1.54, 1.807) is 19.3 Å². The predicted octanol–water partition coefficient (Wildman–Crippen LogP) is 4.28. The van der Waals surface area contributed by atoms with Crippen LogP contribution < -0.4 is 10.9 Å². The maximum atomic E-state index is 13.9. The summed E-state index contributed by atoms with van der Waals surface area (Å²) in [7, 11) is 0. The molecule has 7 nitrogen and oxygen atoms in total. The minimum Gasteiger partial charge on any atom is -0.323 e. The summed E-state index contributed by atoms with van der Waals surface area (Å²) in [5, 5.41) is 10.2. The van der Waals surface area contributed by atoms with E-state index >= 15 is 0 Å². The first-order valence-corrected chi connectivity index (χ1v) is 11.1. The zero-order chi connectivity index (χ0) is 23.7. The number of carbonyl (C=O) groups excluding carboxylic acids is 1. The van der Waals surface area contributed by atoms with E-state index in [-0.39, 0.29) is 16.9 Å². The molecule has 4 aromatic rings. The van der Waals surface area contributed by atoms with Gasteiger partial charge in [-0.2, -0.15) is 0 Å². The standard InChI is InChI=1S/C23H21F2N5O2S/c1-4-19(21(31)26-18-12-15(24)6-8-17(18)25)33-23-28-27-20-22(32)29(9-10-30(20)23)16-7-5-13(2)14(3)11-16/h5-12,19H,4H2,1-3H3,(H,26,31). The van der Waals surface area contributed by atoms with Crippen molar-refractivity contribution in [3.63, 3.8) is 0 Å². The Balaban J connectivity index is 1.61. The highest BCUT2D eigenvalue weighted by molar-refractivity contribution is 8.00. The van der Waals surface area contributed by atoms with Gasteiger partial charge >= 0.3 is 5.56 Å². The fourth-order valence-electron chi connectivity index (χ4n) is 3.28. The van der Waals surface area contributed by atoms with Gasteiger partial charge < -0.3 is 5.32 Å². The summed E-state index contributed by atoms with van der Waals surface area (Å²) in [6.45, 7) is 5.76. The number of fused-ring (bicyclic) bond motifs is 1. The number of anilines is 1. The fraction of sp³-hybridized carbons (Fsp3) is 0.217. The van der Waals surface area contributed by atoms with Gasteiger partial charge in [-0.1, -0.05) is 24.8 Å². The Kier molecular flexibility index (Phi) is 6.28. The largest absolute Gasteiger partial charge is 0.323 e. The summed E-state index contributed by atoms with van der Waals surface area (Å²) in [4.78, 5) is 25.7. The van der Waals surface area contributed by atoms with Gasteiger partial charge in [-0.3, -0.25) is 18.6 Å². The summed E-state index contributed by atoms with van der Waals surface area (Å²) in [6.07, 6.45) is 3.67. The number of carbonyl (C=O) groups is 1. The number of benzene rings is 2. The van der Waals surface area contributed by atoms with E-state index in [4.69, 9.17) is 0 Å². The molecule has 0 saturated heterocycles. The molecule has 0 spiro atoms. The number of hydrogen-bond acceptors (Lipinski definition) is 5. The minimum absolute atomic E-state index is 0.115. The van der Waals surface area contributed by atoms with E-state index in [2.05, 4.69) is 15.5 Å². The topological polar surface area (TPSA) is 81.3 Å². The second kappa shape index (κ2) is 9.14. The SMILES string of the molecule is CCC(Sc1nnc2c(=O)n(-c3ccc(C)c(C)c3)ccn12)C(=O)Nc1cc(F)ccc1F. The number of hydrogen-bond donors (Lipinski definition) is 1. The van der Waals surface area contributed by atoms with Crippen LogP contribution in [0.2, 0.25) is 0 Å². The number of halogens is 2. The first-order valence-electron chi connectivity index (χ1n) is 10.2. The molecule has 4 rings (SSSR count). The molecular formula is C23H21F2N5O2S. The first kappa shape index (κ1) is 22.7. The van der Waals surface area contributed by atoms with Gasteiger partial charge in [-0.05, 0) is 55.7 Å². The van der Waals surface area contributed by atoms with E-state index in [0.717, 1.165) is 41.1 Å². The summed E-state index contributed by atoms with van der Waals surface area (Å²) in [6, 6.07) is 8.57. The Bertz CT molecular complexity index is 1420. The smallest absolute Gasteiger partial charge is 0.300 e. The predicted molar refractivity (Wildman–Crippen MR) is 123 cm³/mol. The van der Waals surface area contributed by atoms with Crippen molar-refractivity contribution in [2.45, 2.75) is 37.6 Å². The Labute approximate surface area is 192 Å². The summed E-state index contributed by atoms with van der Waals surface area (Å²) in [5.74, 6) is -1.90. The van der Waals surface area contributed by atoms with Gasteiger partial charge in [-0.25, -0.2) is 8.78 Å². The Morgan fingerprint density at radius 2 is 1.88 bits per heavy atom. The van der Waals surface area contributed by atoms with Crippen LogP contribution in [0.25, 0.3) is 11.3 Å². The molecule has 0 fully saturated rings. The van der Waals surface area contributed by atoms with Crippen LogP contribution >= 0.6 is 11.8 Å². The van der Waals surface area contributed by atoms with Crippen molar-refractivity contribution in [3.05, 3.63) is 81.9 Å². The van der Waals surface area contributed by atoms with Crippen molar-refractivity contribution in [3.8, 4) is 5.69 Å². The lowest BCUT2D eigenvalue weighted by Crippen LogP contribution is -2.25. The third-order valence-electron chi connectivity index (χ3n) is 5.31. The molecule has 2 aromatic heterocycles. The van der Waals surface area contributed by atoms with Crippen molar-refractivity contribution in [1.82, 2.24) is 19.2 Å². The molecule has 170 valence electrons. The summed E-state index contributed by atoms with van der Waals surface area (Å²) >= 11 is 1.09. The van der Waals surface area contributed by atoms with Gasteiger partial charge in [0.05, 0.1) is 10.9 Å². The molecule has 0 aliphatic carbocycles. The van der Waals surface area contributed by atoms with E-state index in [0.29, 0.717) is 17.3 Å². The number of nitrogens with zero attached hydrogens (tertiary/aromatic N) is 4. The van der Waals surface area contributed by atoms with Crippen LogP contribution in [0.5, 0.6) is 0 Å². The second-order valence-electron chi connectivity index (χ2n) is 7.55. The fourth-order valence-corrected chi connectivity index (χ4v) is 4.22. The van der Waals surface area contributed by atoms with Crippen LogP contribution in [0.1, 0.15) is 24.5 Å². The van der Waals surface area contributed by atoms with Gasteiger partial charge in [0.15, 0.2) is 5.16 Å². The van der Waals surface area contributed by atoms with E-state index in [9.17, 15) is 18.4 Å². The van der Waals surface area contributed by atoms with E-state index in [1.807, 2.05) is 32.0 Å². The molecule has 0 aliphatic heterocycles. The van der Waals surface area contributed by atoms with E-state index < -0.39 is 22.8 Å². The van der Waals surface area contributed by atoms with E-state index in [1.165, 1.54) is 8.97 Å². The second-order valence-corrected chi connectivity index (χ2v) is 8.72. The summed E-state index contributed by atoms with van der Waals surface area (Å²) < 4.78 is 30.3. The maximum absolute atomic E-state index is 13.9. The quantitative estimate of drug-likeness (QED) is 0.426. The number of aromatic nitrogens is 4. The van der Waals surface area contributed by atoms with Crippen molar-refractivity contribution in [1.29, 1.82) is 0 Å². The molecule has 0 saturated carbocycles. The summed E-state index contributed by atoms with van der Waals surface area (Å²) in [5.41, 5.74) is 2.43. The van der Waals surface area contributed by atoms with Gasteiger partial charge in [0, 0.05) is 24.1 Å². The number of nitrogens with one attached hydrogen (secondary N) is 1. The molecule has 1 amide bonds. The first-order chi connectivity index (χ1) is 15.8. The molecule has 2 aromatic carbocycles. The lowest BCUT2D eigenvalue weighted by atomic mass is 10.1. The van der Waals surface area contributed by atoms with Crippen LogP contribution in [-0.4, -0.2) is 30.3 Å². The highest BCUT2D eigenvalue weighted by Crippen LogP contribution is 2.26. The Morgan fingerprint density at radius 3 is 2.61 bits per heavy atom. The molecule has 1 unspecified atom stereocenters. The number of thioether (sulfide) groups is 1. The highest BCUT2D eigenvalue weighted by Gasteiger charge is 2.23. The lowest BCUT2D eigenvalue weighted by Gasteiger charge is -2.14. The van der Waals surface area contributed by atoms with Crippen molar-refractivity contribution in [2.24, 2.45) is 0 Å².